The molecule has 1 amide bonds. The van der Waals surface area contributed by atoms with E-state index >= 15 is 0 Å². The number of phenols is 1. The van der Waals surface area contributed by atoms with Crippen molar-refractivity contribution < 1.29 is 9.90 Å². The second-order valence-corrected chi connectivity index (χ2v) is 4.78. The summed E-state index contributed by atoms with van der Waals surface area (Å²) in [6.07, 6.45) is 0. The van der Waals surface area contributed by atoms with Crippen LogP contribution in [0.3, 0.4) is 0 Å². The van der Waals surface area contributed by atoms with Gasteiger partial charge in [0.15, 0.2) is 0 Å². The molecular weight excluding hydrogens is 294 g/mol. The third kappa shape index (κ3) is 3.34. The number of carbonyl (C=O) groups excluding carboxylic acids is 1. The maximum atomic E-state index is 11.8. The Morgan fingerprint density at radius 2 is 1.89 bits per heavy atom. The van der Waals surface area contributed by atoms with Crippen molar-refractivity contribution in [3.8, 4) is 5.75 Å². The zero-order valence-corrected chi connectivity index (χ0v) is 11.1. The van der Waals surface area contributed by atoms with Gasteiger partial charge in [0.1, 0.15) is 5.75 Å². The number of carbonyl (C=O) groups is 1. The van der Waals surface area contributed by atoms with Crippen molar-refractivity contribution >= 4 is 21.8 Å². The molecule has 0 unspecified atom stereocenters. The highest BCUT2D eigenvalue weighted by Crippen LogP contribution is 2.12. The Bertz CT molecular complexity index is 552. The van der Waals surface area contributed by atoms with E-state index in [1.54, 1.807) is 12.1 Å². The number of hydrogen-bond acceptors (Lipinski definition) is 2. The molecule has 3 nitrogen and oxygen atoms in total. The van der Waals surface area contributed by atoms with Gasteiger partial charge in [-0.25, -0.2) is 0 Å². The summed E-state index contributed by atoms with van der Waals surface area (Å²) in [5.74, 6) is -0.111. The number of halogens is 1. The molecule has 0 aliphatic rings. The third-order valence-corrected chi connectivity index (χ3v) is 3.00. The minimum absolute atomic E-state index is 0.0892. The molecule has 2 N–H and O–H groups in total. The van der Waals surface area contributed by atoms with Crippen LogP contribution in [0, 0.1) is 0 Å². The molecule has 2 rings (SSSR count). The summed E-state index contributed by atoms with van der Waals surface area (Å²) in [5, 5.41) is 12.1. The maximum Gasteiger partial charge on any atom is 0.251 e. The summed E-state index contributed by atoms with van der Waals surface area (Å²) < 4.78 is 1.01. The lowest BCUT2D eigenvalue weighted by Crippen LogP contribution is -2.22. The first-order valence-electron chi connectivity index (χ1n) is 5.47. The lowest BCUT2D eigenvalue weighted by molar-refractivity contribution is 0.0950. The minimum atomic E-state index is -0.200. The maximum absolute atomic E-state index is 11.8. The lowest BCUT2D eigenvalue weighted by atomic mass is 10.2. The van der Waals surface area contributed by atoms with Crippen molar-refractivity contribution in [3.63, 3.8) is 0 Å². The first kappa shape index (κ1) is 12.6. The topological polar surface area (TPSA) is 49.3 Å². The van der Waals surface area contributed by atoms with Gasteiger partial charge >= 0.3 is 0 Å². The van der Waals surface area contributed by atoms with E-state index in [0.29, 0.717) is 12.1 Å². The van der Waals surface area contributed by atoms with E-state index < -0.39 is 0 Å². The fourth-order valence-corrected chi connectivity index (χ4v) is 1.80. The molecule has 0 aliphatic heterocycles. The third-order valence-electron chi connectivity index (χ3n) is 2.47. The van der Waals surface area contributed by atoms with Gasteiger partial charge < -0.3 is 10.4 Å². The summed E-state index contributed by atoms with van der Waals surface area (Å²) in [5.41, 5.74) is 1.47. The van der Waals surface area contributed by atoms with Crippen molar-refractivity contribution in [1.29, 1.82) is 0 Å². The van der Waals surface area contributed by atoms with Gasteiger partial charge in [-0.2, -0.15) is 0 Å². The van der Waals surface area contributed by atoms with Crippen LogP contribution in [0.1, 0.15) is 15.9 Å². The van der Waals surface area contributed by atoms with Gasteiger partial charge in [-0.3, -0.25) is 4.79 Å². The highest BCUT2D eigenvalue weighted by Gasteiger charge is 2.05. The predicted molar refractivity (Wildman–Crippen MR) is 73.4 cm³/mol. The first-order chi connectivity index (χ1) is 8.65. The van der Waals surface area contributed by atoms with Crippen LogP contribution in [0.25, 0.3) is 0 Å². The molecule has 92 valence electrons. The Hall–Kier alpha value is -1.81. The Balaban J connectivity index is 1.98. The molecule has 0 saturated carbocycles. The smallest absolute Gasteiger partial charge is 0.251 e. The van der Waals surface area contributed by atoms with Crippen LogP contribution in [0.15, 0.2) is 53.0 Å². The van der Waals surface area contributed by atoms with Crippen LogP contribution in [-0.4, -0.2) is 11.0 Å². The molecule has 0 atom stereocenters. The van der Waals surface area contributed by atoms with Crippen LogP contribution in [-0.2, 0) is 6.54 Å². The van der Waals surface area contributed by atoms with Crippen molar-refractivity contribution in [2.75, 3.05) is 0 Å². The molecule has 0 aliphatic carbocycles. The normalized spacial score (nSPS) is 10.1. The number of hydrogen-bond donors (Lipinski definition) is 2. The van der Waals surface area contributed by atoms with E-state index in [-0.39, 0.29) is 11.7 Å². The fraction of sp³-hybridized carbons (Fsp3) is 0.0714. The highest BCUT2D eigenvalue weighted by atomic mass is 79.9. The van der Waals surface area contributed by atoms with Crippen LogP contribution < -0.4 is 5.32 Å². The molecule has 18 heavy (non-hydrogen) atoms. The first-order valence-corrected chi connectivity index (χ1v) is 6.26. The largest absolute Gasteiger partial charge is 0.508 e. The molecule has 2 aromatic carbocycles. The summed E-state index contributed by atoms with van der Waals surface area (Å²) >= 11 is 3.36. The molecule has 4 heteroatoms. The molecule has 0 bridgehead atoms. The molecule has 0 spiro atoms. The second-order valence-electron chi connectivity index (χ2n) is 3.86. The quantitative estimate of drug-likeness (QED) is 0.915. The van der Waals surface area contributed by atoms with E-state index in [4.69, 9.17) is 0 Å². The van der Waals surface area contributed by atoms with Crippen molar-refractivity contribution in [1.82, 2.24) is 5.32 Å². The summed E-state index contributed by atoms with van der Waals surface area (Å²) in [4.78, 5) is 11.8. The Morgan fingerprint density at radius 1 is 1.17 bits per heavy atom. The van der Waals surface area contributed by atoms with Crippen molar-refractivity contribution in [3.05, 3.63) is 64.1 Å². The number of nitrogens with one attached hydrogen (secondary N) is 1. The summed E-state index contributed by atoms with van der Waals surface area (Å²) in [6, 6.07) is 14.0. The van der Waals surface area contributed by atoms with Crippen molar-refractivity contribution in [2.45, 2.75) is 6.54 Å². The molecule has 0 radical (unpaired) electrons. The highest BCUT2D eigenvalue weighted by molar-refractivity contribution is 9.10. The van der Waals surface area contributed by atoms with Crippen LogP contribution in [0.5, 0.6) is 5.75 Å². The van der Waals surface area contributed by atoms with Gasteiger partial charge in [0, 0.05) is 16.6 Å². The van der Waals surface area contributed by atoms with Gasteiger partial charge in [-0.1, -0.05) is 34.1 Å². The molecule has 0 fully saturated rings. The average Bonchev–Trinajstić information content (AvgIpc) is 2.38. The molecule has 2 aromatic rings. The van der Waals surface area contributed by atoms with Crippen LogP contribution >= 0.6 is 15.9 Å². The van der Waals surface area contributed by atoms with E-state index in [9.17, 15) is 9.90 Å². The molecule has 0 saturated heterocycles. The molecule has 0 heterocycles. The van der Waals surface area contributed by atoms with E-state index in [1.807, 2.05) is 24.3 Å². The Morgan fingerprint density at radius 3 is 2.56 bits per heavy atom. The molecular formula is C14H12BrNO2. The van der Waals surface area contributed by atoms with Crippen LogP contribution in [0.4, 0.5) is 0 Å². The number of rotatable bonds is 3. The summed E-state index contributed by atoms with van der Waals surface area (Å²) in [7, 11) is 0. The zero-order chi connectivity index (χ0) is 13.0. The van der Waals surface area contributed by atoms with Gasteiger partial charge in [0.05, 0.1) is 0 Å². The predicted octanol–water partition coefficient (Wildman–Crippen LogP) is 3.08. The Labute approximate surface area is 114 Å². The monoisotopic (exact) mass is 305 g/mol. The average molecular weight is 306 g/mol. The number of benzene rings is 2. The standard InChI is InChI=1S/C14H12BrNO2/c15-12-6-4-10(5-7-12)9-16-14(18)11-2-1-3-13(17)8-11/h1-8,17H,9H2,(H,16,18). The van der Waals surface area contributed by atoms with Crippen LogP contribution in [0.2, 0.25) is 0 Å². The lowest BCUT2D eigenvalue weighted by Gasteiger charge is -2.05. The van der Waals surface area contributed by atoms with Gasteiger partial charge in [0.25, 0.3) is 5.91 Å². The zero-order valence-electron chi connectivity index (χ0n) is 9.56. The van der Waals surface area contributed by atoms with Gasteiger partial charge in [0.2, 0.25) is 0 Å². The SMILES string of the molecule is O=C(NCc1ccc(Br)cc1)c1cccc(O)c1. The number of aromatic hydroxyl groups is 1. The van der Waals surface area contributed by atoms with Gasteiger partial charge in [-0.05, 0) is 35.9 Å². The summed E-state index contributed by atoms with van der Waals surface area (Å²) in [6.45, 7) is 0.460. The fourth-order valence-electron chi connectivity index (χ4n) is 1.53. The minimum Gasteiger partial charge on any atom is -0.508 e. The number of phenolic OH excluding ortho intramolecular Hbond substituents is 1. The van der Waals surface area contributed by atoms with E-state index in [0.717, 1.165) is 10.0 Å². The van der Waals surface area contributed by atoms with Crippen molar-refractivity contribution in [2.24, 2.45) is 0 Å². The van der Waals surface area contributed by atoms with E-state index in [2.05, 4.69) is 21.2 Å². The Kier molecular flexibility index (Phi) is 3.99. The van der Waals surface area contributed by atoms with Gasteiger partial charge in [-0.15, -0.1) is 0 Å². The second kappa shape index (κ2) is 5.69. The molecule has 0 aromatic heterocycles. The van der Waals surface area contributed by atoms with E-state index in [1.165, 1.54) is 12.1 Å². The number of amides is 1.